The summed E-state index contributed by atoms with van der Waals surface area (Å²) in [6, 6.07) is 10.3. The molecule has 1 aromatic carbocycles. The highest BCUT2D eigenvalue weighted by atomic mass is 32.1. The maximum atomic E-state index is 5.83. The molecule has 104 valence electrons. The average Bonchev–Trinajstić information content (AvgIpc) is 3.07. The Morgan fingerprint density at radius 3 is 2.80 bits per heavy atom. The molecule has 0 saturated heterocycles. The van der Waals surface area contributed by atoms with Crippen molar-refractivity contribution in [3.05, 3.63) is 58.0 Å². The molecule has 0 radical (unpaired) electrons. The quantitative estimate of drug-likeness (QED) is 0.779. The molecule has 0 bridgehead atoms. The van der Waals surface area contributed by atoms with Crippen molar-refractivity contribution in [2.24, 2.45) is 5.73 Å². The highest BCUT2D eigenvalue weighted by Gasteiger charge is 2.14. The van der Waals surface area contributed by atoms with Gasteiger partial charge in [-0.15, -0.1) is 0 Å². The molecule has 0 spiro atoms. The maximum absolute atomic E-state index is 5.83. The smallest absolute Gasteiger partial charge is 0.134 e. The van der Waals surface area contributed by atoms with Crippen LogP contribution >= 0.6 is 11.3 Å². The predicted octanol–water partition coefficient (Wildman–Crippen LogP) is 3.59. The van der Waals surface area contributed by atoms with Gasteiger partial charge >= 0.3 is 0 Å². The zero-order valence-electron chi connectivity index (χ0n) is 11.5. The van der Waals surface area contributed by atoms with E-state index in [2.05, 4.69) is 34.8 Å². The van der Waals surface area contributed by atoms with Crippen molar-refractivity contribution in [2.45, 2.75) is 19.6 Å². The van der Waals surface area contributed by atoms with Crippen LogP contribution in [0, 0.1) is 0 Å². The average molecular weight is 286 g/mol. The fourth-order valence-corrected chi connectivity index (χ4v) is 3.17. The van der Waals surface area contributed by atoms with Crippen molar-refractivity contribution < 1.29 is 4.42 Å². The fraction of sp³-hybridized carbons (Fsp3) is 0.250. The van der Waals surface area contributed by atoms with E-state index in [9.17, 15) is 0 Å². The highest BCUT2D eigenvalue weighted by Crippen LogP contribution is 2.27. The van der Waals surface area contributed by atoms with Crippen LogP contribution in [0.2, 0.25) is 0 Å². The van der Waals surface area contributed by atoms with Crippen molar-refractivity contribution in [3.63, 3.8) is 0 Å². The molecule has 0 aliphatic rings. The van der Waals surface area contributed by atoms with E-state index in [0.29, 0.717) is 6.54 Å². The first-order valence-corrected chi connectivity index (χ1v) is 7.61. The Hall–Kier alpha value is -1.62. The molecule has 2 heterocycles. The van der Waals surface area contributed by atoms with Gasteiger partial charge < -0.3 is 10.2 Å². The largest absolute Gasteiger partial charge is 0.459 e. The molecule has 3 aromatic rings. The number of furan rings is 1. The molecule has 2 N–H and O–H groups in total. The van der Waals surface area contributed by atoms with E-state index in [1.54, 1.807) is 11.3 Å². The number of hydrogen-bond acceptors (Lipinski definition) is 4. The second-order valence-electron chi connectivity index (χ2n) is 5.01. The molecule has 0 unspecified atom stereocenters. The Bertz CT molecular complexity index is 688. The van der Waals surface area contributed by atoms with E-state index in [1.807, 2.05) is 18.2 Å². The van der Waals surface area contributed by atoms with Crippen LogP contribution in [0.3, 0.4) is 0 Å². The molecule has 0 atom stereocenters. The zero-order chi connectivity index (χ0) is 13.9. The Morgan fingerprint density at radius 2 is 2.05 bits per heavy atom. The third kappa shape index (κ3) is 2.63. The number of para-hydroxylation sites is 1. The molecule has 3 rings (SSSR count). The van der Waals surface area contributed by atoms with E-state index in [0.717, 1.165) is 24.4 Å². The van der Waals surface area contributed by atoms with Crippen LogP contribution in [0.4, 0.5) is 0 Å². The Labute approximate surface area is 122 Å². The second kappa shape index (κ2) is 5.79. The molecule has 20 heavy (non-hydrogen) atoms. The van der Waals surface area contributed by atoms with Gasteiger partial charge in [-0.1, -0.05) is 18.2 Å². The zero-order valence-corrected chi connectivity index (χ0v) is 12.3. The van der Waals surface area contributed by atoms with Crippen molar-refractivity contribution in [2.75, 3.05) is 7.05 Å². The molecule has 2 aromatic heterocycles. The van der Waals surface area contributed by atoms with Gasteiger partial charge in [-0.25, -0.2) is 0 Å². The molecule has 3 nitrogen and oxygen atoms in total. The van der Waals surface area contributed by atoms with Gasteiger partial charge in [0.2, 0.25) is 0 Å². The number of rotatable bonds is 5. The number of benzene rings is 1. The van der Waals surface area contributed by atoms with E-state index in [4.69, 9.17) is 10.2 Å². The van der Waals surface area contributed by atoms with E-state index < -0.39 is 0 Å². The van der Waals surface area contributed by atoms with E-state index in [1.165, 1.54) is 16.5 Å². The lowest BCUT2D eigenvalue weighted by atomic mass is 10.1. The van der Waals surface area contributed by atoms with Crippen LogP contribution in [0.25, 0.3) is 11.0 Å². The number of nitrogens with two attached hydrogens (primary N) is 1. The molecule has 4 heteroatoms. The highest BCUT2D eigenvalue weighted by molar-refractivity contribution is 7.07. The van der Waals surface area contributed by atoms with Crippen molar-refractivity contribution in [1.82, 2.24) is 4.90 Å². The standard InChI is InChI=1S/C16H18N2OS/c1-18(9-12-6-7-20-11-12)10-14-13-4-2-3-5-15(13)19-16(14)8-17/h2-7,11H,8-10,17H2,1H3. The lowest BCUT2D eigenvalue weighted by Gasteiger charge is -2.16. The van der Waals surface area contributed by atoms with Crippen LogP contribution in [-0.2, 0) is 19.6 Å². The van der Waals surface area contributed by atoms with E-state index >= 15 is 0 Å². The van der Waals surface area contributed by atoms with Gasteiger partial charge in [-0.3, -0.25) is 4.90 Å². The van der Waals surface area contributed by atoms with Gasteiger partial charge in [0.05, 0.1) is 6.54 Å². The van der Waals surface area contributed by atoms with Gasteiger partial charge in [0.25, 0.3) is 0 Å². The summed E-state index contributed by atoms with van der Waals surface area (Å²) >= 11 is 1.73. The van der Waals surface area contributed by atoms with Gasteiger partial charge in [0.15, 0.2) is 0 Å². The maximum Gasteiger partial charge on any atom is 0.134 e. The van der Waals surface area contributed by atoms with Crippen molar-refractivity contribution >= 4 is 22.3 Å². The number of fused-ring (bicyclic) bond motifs is 1. The molecule has 0 fully saturated rings. The first-order valence-electron chi connectivity index (χ1n) is 6.67. The summed E-state index contributed by atoms with van der Waals surface area (Å²) in [6.07, 6.45) is 0. The van der Waals surface area contributed by atoms with Crippen molar-refractivity contribution in [1.29, 1.82) is 0 Å². The summed E-state index contributed by atoms with van der Waals surface area (Å²) in [5.41, 5.74) is 9.29. The molecular weight excluding hydrogens is 268 g/mol. The second-order valence-corrected chi connectivity index (χ2v) is 5.79. The minimum absolute atomic E-state index is 0.441. The number of nitrogens with zero attached hydrogens (tertiary/aromatic N) is 1. The lowest BCUT2D eigenvalue weighted by molar-refractivity contribution is 0.317. The summed E-state index contributed by atoms with van der Waals surface area (Å²) in [6.45, 7) is 2.22. The lowest BCUT2D eigenvalue weighted by Crippen LogP contribution is -2.17. The third-order valence-corrected chi connectivity index (χ3v) is 4.16. The fourth-order valence-electron chi connectivity index (χ4n) is 2.51. The topological polar surface area (TPSA) is 42.4 Å². The molecule has 0 amide bonds. The normalized spacial score (nSPS) is 11.6. The number of hydrogen-bond donors (Lipinski definition) is 1. The first-order chi connectivity index (χ1) is 9.78. The van der Waals surface area contributed by atoms with Gasteiger partial charge in [-0.05, 0) is 35.5 Å². The summed E-state index contributed by atoms with van der Waals surface area (Å²) in [5, 5.41) is 5.47. The van der Waals surface area contributed by atoms with Crippen LogP contribution < -0.4 is 5.73 Å². The monoisotopic (exact) mass is 286 g/mol. The van der Waals surface area contributed by atoms with Gasteiger partial charge in [-0.2, -0.15) is 11.3 Å². The molecule has 0 aliphatic carbocycles. The summed E-state index contributed by atoms with van der Waals surface area (Å²) in [5.74, 6) is 0.892. The minimum atomic E-state index is 0.441. The van der Waals surface area contributed by atoms with Gasteiger partial charge in [0, 0.05) is 24.0 Å². The summed E-state index contributed by atoms with van der Waals surface area (Å²) in [7, 11) is 2.12. The predicted molar refractivity (Wildman–Crippen MR) is 83.6 cm³/mol. The SMILES string of the molecule is CN(Cc1ccsc1)Cc1c(CN)oc2ccccc12. The summed E-state index contributed by atoms with van der Waals surface area (Å²) < 4.78 is 5.83. The minimum Gasteiger partial charge on any atom is -0.459 e. The molecule has 0 aliphatic heterocycles. The Kier molecular flexibility index (Phi) is 3.87. The van der Waals surface area contributed by atoms with Crippen LogP contribution in [0.15, 0.2) is 45.5 Å². The third-order valence-electron chi connectivity index (χ3n) is 3.43. The summed E-state index contributed by atoms with van der Waals surface area (Å²) in [4.78, 5) is 2.29. The van der Waals surface area contributed by atoms with Gasteiger partial charge in [0.1, 0.15) is 11.3 Å². The van der Waals surface area contributed by atoms with Crippen LogP contribution in [0.5, 0.6) is 0 Å². The molecule has 0 saturated carbocycles. The van der Waals surface area contributed by atoms with Crippen LogP contribution in [-0.4, -0.2) is 11.9 Å². The Morgan fingerprint density at radius 1 is 1.20 bits per heavy atom. The van der Waals surface area contributed by atoms with Crippen molar-refractivity contribution in [3.8, 4) is 0 Å². The molecular formula is C16H18N2OS. The van der Waals surface area contributed by atoms with E-state index in [-0.39, 0.29) is 0 Å². The number of thiophene rings is 1. The Balaban J connectivity index is 1.85. The van der Waals surface area contributed by atoms with Crippen LogP contribution in [0.1, 0.15) is 16.9 Å². The first kappa shape index (κ1) is 13.4.